The lowest BCUT2D eigenvalue weighted by molar-refractivity contribution is -0.153. The van der Waals surface area contributed by atoms with E-state index in [-0.39, 0.29) is 49.2 Å². The van der Waals surface area contributed by atoms with Crippen LogP contribution in [0.2, 0.25) is 0 Å². The molecular weight excluding hydrogens is 672 g/mol. The van der Waals surface area contributed by atoms with Gasteiger partial charge in [0.2, 0.25) is 11.8 Å². The maximum absolute atomic E-state index is 13.6. The molecule has 0 aromatic heterocycles. The molecule has 0 saturated carbocycles. The highest BCUT2D eigenvalue weighted by Gasteiger charge is 2.48. The van der Waals surface area contributed by atoms with Crippen molar-refractivity contribution in [2.45, 2.75) is 119 Å². The summed E-state index contributed by atoms with van der Waals surface area (Å²) in [6.45, 7) is 16.5. The Morgan fingerprint density at radius 1 is 1.00 bits per heavy atom. The van der Waals surface area contributed by atoms with E-state index in [0.29, 0.717) is 30.8 Å². The number of hydrogen-bond acceptors (Lipinski definition) is 10. The molecule has 0 aliphatic carbocycles. The minimum atomic E-state index is -1.23. The van der Waals surface area contributed by atoms with E-state index in [9.17, 15) is 24.3 Å². The maximum atomic E-state index is 13.6. The molecule has 6 N–H and O–H groups in total. The van der Waals surface area contributed by atoms with Crippen molar-refractivity contribution < 1.29 is 48.0 Å². The summed E-state index contributed by atoms with van der Waals surface area (Å²) in [5.41, 5.74) is 11.5. The van der Waals surface area contributed by atoms with Crippen LogP contribution in [0.1, 0.15) is 87.1 Å². The number of nitrogens with one attached hydrogen (secondary N) is 1. The van der Waals surface area contributed by atoms with Gasteiger partial charge in [-0.15, -0.1) is 0 Å². The molecule has 2 rings (SSSR count). The zero-order valence-electron chi connectivity index (χ0n) is 33.0. The first kappa shape index (κ1) is 44.5. The van der Waals surface area contributed by atoms with E-state index in [1.165, 1.54) is 4.90 Å². The molecule has 0 bridgehead atoms. The lowest BCUT2D eigenvalue weighted by Gasteiger charge is -2.33. The number of nitrogens with zero attached hydrogens (tertiary/aromatic N) is 1. The quantitative estimate of drug-likeness (QED) is 0.102. The van der Waals surface area contributed by atoms with Gasteiger partial charge in [-0.1, -0.05) is 54.5 Å². The Balaban J connectivity index is 2.50. The number of methoxy groups -OCH3 is 2. The van der Waals surface area contributed by atoms with Gasteiger partial charge in [-0.2, -0.15) is 0 Å². The normalized spacial score (nSPS) is 20.1. The van der Waals surface area contributed by atoms with Gasteiger partial charge >= 0.3 is 12.1 Å². The Hall–Kier alpha value is -3.62. The van der Waals surface area contributed by atoms with Crippen LogP contribution >= 0.6 is 0 Å². The number of carbonyl (C=O) groups excluding carboxylic acids is 3. The van der Waals surface area contributed by atoms with Crippen LogP contribution in [-0.2, 0) is 35.0 Å². The van der Waals surface area contributed by atoms with Crippen molar-refractivity contribution in [1.82, 2.24) is 10.2 Å². The number of benzene rings is 1. The molecule has 1 fully saturated rings. The van der Waals surface area contributed by atoms with Crippen LogP contribution < -0.4 is 26.3 Å². The average Bonchev–Trinajstić information content (AvgIpc) is 3.43. The summed E-state index contributed by atoms with van der Waals surface area (Å²) in [5.74, 6) is -1.24. The number of amides is 3. The van der Waals surface area contributed by atoms with Gasteiger partial charge in [-0.05, 0) is 74.5 Å². The summed E-state index contributed by atoms with van der Waals surface area (Å²) in [4.78, 5) is 52.4. The molecule has 7 atom stereocenters. The van der Waals surface area contributed by atoms with Crippen molar-refractivity contribution in [1.29, 1.82) is 0 Å². The van der Waals surface area contributed by atoms with Gasteiger partial charge in [-0.3, -0.25) is 19.3 Å². The number of primary amides is 1. The first-order valence-electron chi connectivity index (χ1n) is 18.3. The summed E-state index contributed by atoms with van der Waals surface area (Å²) >= 11 is 0. The van der Waals surface area contributed by atoms with Crippen molar-refractivity contribution in [2.75, 3.05) is 27.4 Å². The molecular formula is C38H64N4O10. The summed E-state index contributed by atoms with van der Waals surface area (Å²) in [7, 11) is 3.15. The highest BCUT2D eigenvalue weighted by molar-refractivity contribution is 5.83. The van der Waals surface area contributed by atoms with Crippen LogP contribution in [0, 0.1) is 35.0 Å². The summed E-state index contributed by atoms with van der Waals surface area (Å²) in [6.07, 6.45) is -1.74. The number of ether oxygens (including phenoxy) is 5. The molecule has 1 saturated heterocycles. The van der Waals surface area contributed by atoms with E-state index in [2.05, 4.69) is 19.2 Å². The third kappa shape index (κ3) is 12.2. The molecule has 1 aliphatic rings. The molecule has 52 heavy (non-hydrogen) atoms. The van der Waals surface area contributed by atoms with Crippen molar-refractivity contribution in [3.8, 4) is 11.5 Å². The topological polar surface area (TPSA) is 202 Å². The first-order valence-corrected chi connectivity index (χ1v) is 18.3. The molecule has 1 heterocycles. The Morgan fingerprint density at radius 3 is 2.15 bits per heavy atom. The highest BCUT2D eigenvalue weighted by Crippen LogP contribution is 2.38. The van der Waals surface area contributed by atoms with E-state index in [4.69, 9.17) is 35.2 Å². The third-order valence-electron chi connectivity index (χ3n) is 10.1. The van der Waals surface area contributed by atoms with E-state index in [1.54, 1.807) is 41.9 Å². The second-order valence-electron chi connectivity index (χ2n) is 15.5. The van der Waals surface area contributed by atoms with Crippen LogP contribution in [0.5, 0.6) is 11.5 Å². The second-order valence-corrected chi connectivity index (χ2v) is 15.5. The number of nitrogens with two attached hydrogens (primary N) is 2. The second kappa shape index (κ2) is 20.0. The Morgan fingerprint density at radius 2 is 1.65 bits per heavy atom. The molecule has 1 aliphatic heterocycles. The third-order valence-corrected chi connectivity index (χ3v) is 10.1. The molecule has 2 unspecified atom stereocenters. The fourth-order valence-corrected chi connectivity index (χ4v) is 6.18. The van der Waals surface area contributed by atoms with Crippen LogP contribution in [-0.4, -0.2) is 92.0 Å². The molecule has 14 heteroatoms. The Labute approximate surface area is 309 Å². The first-order chi connectivity index (χ1) is 24.3. The van der Waals surface area contributed by atoms with Gasteiger partial charge in [0, 0.05) is 26.0 Å². The lowest BCUT2D eigenvalue weighted by atomic mass is 9.80. The number of esters is 1. The zero-order valence-corrected chi connectivity index (χ0v) is 33.0. The van der Waals surface area contributed by atoms with Gasteiger partial charge in [0.05, 0.1) is 24.7 Å². The molecule has 3 amide bonds. The summed E-state index contributed by atoms with van der Waals surface area (Å²) in [6, 6.07) is 4.15. The highest BCUT2D eigenvalue weighted by atomic mass is 16.7. The summed E-state index contributed by atoms with van der Waals surface area (Å²) < 4.78 is 29.0. The largest absolute Gasteiger partial charge is 0.493 e. The van der Waals surface area contributed by atoms with E-state index in [0.717, 1.165) is 5.56 Å². The Bertz CT molecular complexity index is 1330. The Kier molecular flexibility index (Phi) is 17.1. The van der Waals surface area contributed by atoms with Crippen molar-refractivity contribution >= 4 is 23.9 Å². The van der Waals surface area contributed by atoms with E-state index in [1.807, 2.05) is 39.0 Å². The van der Waals surface area contributed by atoms with E-state index >= 15 is 0 Å². The smallest absolute Gasteiger partial charge is 0.409 e. The molecule has 14 nitrogen and oxygen atoms in total. The van der Waals surface area contributed by atoms with Crippen LogP contribution in [0.3, 0.4) is 0 Å². The van der Waals surface area contributed by atoms with Crippen molar-refractivity contribution in [3.63, 3.8) is 0 Å². The SMILES string of the molecule is CCC(OC)Oc1cc(C[C@@H](C[C@H]2[C@H](C[C@H](C(=O)NCC(C)(C)C(N)=O)C(C)C)OC(COC(=O)[C@@H](N)C(C)C)N2C(=O)O)C(C)C)ccc1OC. The molecule has 0 radical (unpaired) electrons. The number of carbonyl (C=O) groups is 4. The van der Waals surface area contributed by atoms with Crippen molar-refractivity contribution in [3.05, 3.63) is 23.8 Å². The molecule has 1 aromatic rings. The predicted molar refractivity (Wildman–Crippen MR) is 196 cm³/mol. The van der Waals surface area contributed by atoms with Crippen molar-refractivity contribution in [2.24, 2.45) is 46.5 Å². The number of carboxylic acid groups (broad SMARTS) is 1. The average molecular weight is 737 g/mol. The molecule has 1 aromatic carbocycles. The van der Waals surface area contributed by atoms with Gasteiger partial charge in [-0.25, -0.2) is 4.79 Å². The van der Waals surface area contributed by atoms with Gasteiger partial charge in [0.25, 0.3) is 0 Å². The van der Waals surface area contributed by atoms with Crippen LogP contribution in [0.25, 0.3) is 0 Å². The number of rotatable bonds is 21. The van der Waals surface area contributed by atoms with Gasteiger partial charge in [0.15, 0.2) is 24.0 Å². The minimum Gasteiger partial charge on any atom is -0.493 e. The zero-order chi connectivity index (χ0) is 39.5. The molecule has 296 valence electrons. The summed E-state index contributed by atoms with van der Waals surface area (Å²) in [5, 5.41) is 13.5. The van der Waals surface area contributed by atoms with Crippen LogP contribution in [0.15, 0.2) is 18.2 Å². The molecule has 0 spiro atoms. The van der Waals surface area contributed by atoms with Crippen LogP contribution in [0.4, 0.5) is 4.79 Å². The van der Waals surface area contributed by atoms with Gasteiger partial charge < -0.3 is 45.6 Å². The standard InChI is InChI=1S/C38H64N4O10/c1-12-32(49-11)52-30-16-24(13-14-28(30)48-10)15-25(21(2)3)17-27-29(18-26(22(4)5)34(43)41-20-38(8,9)36(40)45)51-31(42(27)37(46)47)19-50-35(44)33(39)23(6)7/h13-14,16,21-23,25-27,29,31-33H,12,15,17-20,39H2,1-11H3,(H2,40,45)(H,41,43)(H,46,47)/t25-,26-,27-,29-,31?,32?,33-/m0/s1. The predicted octanol–water partition coefficient (Wildman–Crippen LogP) is 4.55. The van der Waals surface area contributed by atoms with Gasteiger partial charge in [0.1, 0.15) is 12.6 Å². The minimum absolute atomic E-state index is 0.0399. The maximum Gasteiger partial charge on any atom is 0.409 e. The lowest BCUT2D eigenvalue weighted by Crippen LogP contribution is -2.48. The van der Waals surface area contributed by atoms with E-state index < -0.39 is 60.0 Å². The monoisotopic (exact) mass is 736 g/mol. The number of hydrogen-bond donors (Lipinski definition) is 4. The fourth-order valence-electron chi connectivity index (χ4n) is 6.18. The fraction of sp³-hybridized carbons (Fsp3) is 0.737.